The number of carboxylic acids is 3. The Morgan fingerprint density at radius 3 is 1.43 bits per heavy atom. The van der Waals surface area contributed by atoms with Gasteiger partial charge in [0.05, 0.1) is 19.6 Å². The molecule has 12 heteroatoms. The summed E-state index contributed by atoms with van der Waals surface area (Å²) in [5, 5.41) is 56.8. The average molecular weight is 344 g/mol. The molecule has 0 bridgehead atoms. The molecule has 11 N–H and O–H groups in total. The van der Waals surface area contributed by atoms with Gasteiger partial charge in [0.15, 0.2) is 6.29 Å². The zero-order valence-corrected chi connectivity index (χ0v) is 12.5. The number of aliphatic hydroxyl groups excluding tert-OH is 3. The Morgan fingerprint density at radius 1 is 1.04 bits per heavy atom. The van der Waals surface area contributed by atoms with Gasteiger partial charge in [-0.05, 0) is 6.92 Å². The third-order valence-corrected chi connectivity index (χ3v) is 2.14. The Balaban J connectivity index is -0.000000273. The van der Waals surface area contributed by atoms with Gasteiger partial charge in [-0.1, -0.05) is 0 Å². The minimum atomic E-state index is -1.39. The first-order valence-electron chi connectivity index (χ1n) is 6.09. The molecule has 0 amide bonds. The van der Waals surface area contributed by atoms with Crippen molar-refractivity contribution in [2.24, 2.45) is 16.9 Å². The average Bonchev–Trinajstić information content (AvgIpc) is 2.46. The smallest absolute Gasteiger partial charge is 0.321 e. The van der Waals surface area contributed by atoms with Crippen LogP contribution in [0.4, 0.5) is 0 Å². The van der Waals surface area contributed by atoms with E-state index in [4.69, 9.17) is 41.5 Å². The lowest BCUT2D eigenvalue weighted by Gasteiger charge is -2.17. The molecule has 0 saturated carbocycles. The highest BCUT2D eigenvalue weighted by molar-refractivity contribution is 5.80. The maximum atomic E-state index is 10.2. The van der Waals surface area contributed by atoms with Crippen molar-refractivity contribution in [3.8, 4) is 0 Å². The number of aliphatic carboxylic acids is 3. The fourth-order valence-corrected chi connectivity index (χ4v) is 0.461. The molecule has 0 radical (unpaired) electrons. The topological polar surface area (TPSA) is 245 Å². The van der Waals surface area contributed by atoms with Crippen LogP contribution in [0.2, 0.25) is 0 Å². The molecular formula is C11H24N2O10. The summed E-state index contributed by atoms with van der Waals surface area (Å²) in [6.07, 6.45) is -1.87. The highest BCUT2D eigenvalue weighted by Crippen LogP contribution is 2.12. The van der Waals surface area contributed by atoms with Gasteiger partial charge in [-0.3, -0.25) is 14.4 Å². The number of rotatable bonds is 7. The number of hydrogen-bond acceptors (Lipinski definition) is 9. The minimum Gasteiger partial charge on any atom is -0.481 e. The summed E-state index contributed by atoms with van der Waals surface area (Å²) in [5.41, 5.74) is 8.12. The quantitative estimate of drug-likeness (QED) is 0.202. The lowest BCUT2D eigenvalue weighted by atomic mass is 9.94. The number of carboxylic acid groups (broad SMARTS) is 3. The van der Waals surface area contributed by atoms with Gasteiger partial charge in [0.2, 0.25) is 0 Å². The largest absolute Gasteiger partial charge is 0.481 e. The normalized spacial score (nSPS) is 11.5. The van der Waals surface area contributed by atoms with Gasteiger partial charge in [0, 0.05) is 6.54 Å². The molecule has 0 aromatic rings. The first-order valence-corrected chi connectivity index (χ1v) is 6.09. The Hall–Kier alpha value is -1.83. The second kappa shape index (κ2) is 13.8. The molecule has 0 saturated heterocycles. The van der Waals surface area contributed by atoms with Gasteiger partial charge in [0.1, 0.15) is 11.5 Å². The molecule has 0 aliphatic carbocycles. The predicted octanol–water partition coefficient (Wildman–Crippen LogP) is -3.81. The molecule has 1 atom stereocenters. The molecule has 138 valence electrons. The maximum Gasteiger partial charge on any atom is 0.321 e. The first-order chi connectivity index (χ1) is 10.4. The van der Waals surface area contributed by atoms with E-state index in [-0.39, 0.29) is 6.54 Å². The maximum absolute atomic E-state index is 10.2. The SMILES string of the molecule is CC(CO)(CO)C(=O)O.NC(CC(=O)O)C(=O)O.NCC(O)O. The highest BCUT2D eigenvalue weighted by Gasteiger charge is 2.31. The highest BCUT2D eigenvalue weighted by atomic mass is 16.5. The summed E-state index contributed by atoms with van der Waals surface area (Å²) in [6, 6.07) is -1.29. The zero-order valence-electron chi connectivity index (χ0n) is 12.5. The van der Waals surface area contributed by atoms with Gasteiger partial charge in [-0.25, -0.2) is 0 Å². The fraction of sp³-hybridized carbons (Fsp3) is 0.727. The van der Waals surface area contributed by atoms with E-state index >= 15 is 0 Å². The monoisotopic (exact) mass is 344 g/mol. The number of aliphatic hydroxyl groups is 4. The van der Waals surface area contributed by atoms with Gasteiger partial charge in [0.25, 0.3) is 0 Å². The van der Waals surface area contributed by atoms with Crippen molar-refractivity contribution in [3.63, 3.8) is 0 Å². The third kappa shape index (κ3) is 16.4. The van der Waals surface area contributed by atoms with Crippen molar-refractivity contribution in [2.75, 3.05) is 19.8 Å². The number of carbonyl (C=O) groups is 3. The van der Waals surface area contributed by atoms with E-state index in [1.165, 1.54) is 6.92 Å². The molecule has 0 aromatic carbocycles. The molecule has 1 unspecified atom stereocenters. The summed E-state index contributed by atoms with van der Waals surface area (Å²) in [7, 11) is 0. The molecule has 0 spiro atoms. The second-order valence-electron chi connectivity index (χ2n) is 4.44. The van der Waals surface area contributed by atoms with E-state index in [9.17, 15) is 14.4 Å². The van der Waals surface area contributed by atoms with E-state index in [0.29, 0.717) is 0 Å². The molecule has 0 aliphatic heterocycles. The van der Waals surface area contributed by atoms with Crippen molar-refractivity contribution in [3.05, 3.63) is 0 Å². The lowest BCUT2D eigenvalue weighted by molar-refractivity contribution is -0.153. The second-order valence-corrected chi connectivity index (χ2v) is 4.44. The summed E-state index contributed by atoms with van der Waals surface area (Å²) < 4.78 is 0. The van der Waals surface area contributed by atoms with Crippen LogP contribution in [0.1, 0.15) is 13.3 Å². The van der Waals surface area contributed by atoms with Crippen molar-refractivity contribution in [2.45, 2.75) is 25.7 Å². The van der Waals surface area contributed by atoms with Crippen LogP contribution >= 0.6 is 0 Å². The van der Waals surface area contributed by atoms with E-state index in [1.54, 1.807) is 0 Å². The minimum absolute atomic E-state index is 0.0833. The summed E-state index contributed by atoms with van der Waals surface area (Å²) in [6.45, 7) is 0.104. The molecule has 0 heterocycles. The number of hydrogen-bond donors (Lipinski definition) is 9. The Bertz CT molecular complexity index is 357. The molecule has 0 fully saturated rings. The van der Waals surface area contributed by atoms with Gasteiger partial charge in [-0.15, -0.1) is 0 Å². The lowest BCUT2D eigenvalue weighted by Crippen LogP contribution is -2.35. The summed E-state index contributed by atoms with van der Waals surface area (Å²) >= 11 is 0. The first kappa shape index (κ1) is 26.1. The van der Waals surface area contributed by atoms with Crippen molar-refractivity contribution in [1.82, 2.24) is 0 Å². The Morgan fingerprint density at radius 2 is 1.39 bits per heavy atom. The van der Waals surface area contributed by atoms with E-state index in [2.05, 4.69) is 5.73 Å². The molecule has 0 aliphatic rings. The van der Waals surface area contributed by atoms with Crippen LogP contribution in [-0.4, -0.2) is 85.7 Å². The van der Waals surface area contributed by atoms with Crippen LogP contribution in [0.25, 0.3) is 0 Å². The number of nitrogens with two attached hydrogens (primary N) is 2. The van der Waals surface area contributed by atoms with Crippen molar-refractivity contribution in [1.29, 1.82) is 0 Å². The van der Waals surface area contributed by atoms with Gasteiger partial charge in [-0.2, -0.15) is 0 Å². The molecular weight excluding hydrogens is 320 g/mol. The summed E-state index contributed by atoms with van der Waals surface area (Å²) in [5.74, 6) is -3.69. The zero-order chi connectivity index (χ0) is 19.2. The molecule has 0 aromatic heterocycles. The van der Waals surface area contributed by atoms with Crippen molar-refractivity contribution >= 4 is 17.9 Å². The molecule has 23 heavy (non-hydrogen) atoms. The van der Waals surface area contributed by atoms with Crippen LogP contribution in [0, 0.1) is 5.41 Å². The summed E-state index contributed by atoms with van der Waals surface area (Å²) in [4.78, 5) is 29.8. The molecule has 0 rings (SSSR count). The van der Waals surface area contributed by atoms with E-state index in [0.717, 1.165) is 0 Å². The van der Waals surface area contributed by atoms with E-state index < -0.39 is 55.3 Å². The third-order valence-electron chi connectivity index (χ3n) is 2.14. The van der Waals surface area contributed by atoms with Gasteiger partial charge < -0.3 is 47.2 Å². The Kier molecular flexibility index (Phi) is 15.7. The predicted molar refractivity (Wildman–Crippen MR) is 75.1 cm³/mol. The van der Waals surface area contributed by atoms with Crippen LogP contribution < -0.4 is 11.5 Å². The van der Waals surface area contributed by atoms with Crippen LogP contribution in [0.15, 0.2) is 0 Å². The van der Waals surface area contributed by atoms with Crippen LogP contribution in [0.5, 0.6) is 0 Å². The van der Waals surface area contributed by atoms with Crippen molar-refractivity contribution < 1.29 is 50.1 Å². The van der Waals surface area contributed by atoms with E-state index in [1.807, 2.05) is 0 Å². The fourth-order valence-electron chi connectivity index (χ4n) is 0.461. The van der Waals surface area contributed by atoms with Gasteiger partial charge >= 0.3 is 17.9 Å². The standard InChI is InChI=1S/C5H10O4.C4H7NO4.C2H7NO2/c1-5(2-6,3-7)4(8)9;5-2(4(8)9)1-3(6)7;3-1-2(4)5/h6-7H,2-3H2,1H3,(H,8,9);2H,1,5H2,(H,6,7)(H,8,9);2,4-5H,1,3H2. The Labute approximate surface area is 131 Å². The molecule has 12 nitrogen and oxygen atoms in total. The van der Waals surface area contributed by atoms with Crippen LogP contribution in [0.3, 0.4) is 0 Å². The van der Waals surface area contributed by atoms with Crippen LogP contribution in [-0.2, 0) is 14.4 Å².